The van der Waals surface area contributed by atoms with Gasteiger partial charge >= 0.3 is 6.17 Å². The standard InChI is InChI=1S/C14H24N2/c1-4-5-6-7-8-9-10-11-12-13-14(15-2)16-3/h14H,4-13H2,1H3. The lowest BCUT2D eigenvalue weighted by molar-refractivity contribution is 0.554. The smallest absolute Gasteiger partial charge is 0.233 e. The van der Waals surface area contributed by atoms with Crippen molar-refractivity contribution in [1.29, 1.82) is 0 Å². The molecule has 16 heavy (non-hydrogen) atoms. The Morgan fingerprint density at radius 3 is 1.62 bits per heavy atom. The second kappa shape index (κ2) is 12.1. The van der Waals surface area contributed by atoms with Crippen LogP contribution in [0.15, 0.2) is 0 Å². The second-order valence-corrected chi connectivity index (χ2v) is 4.36. The summed E-state index contributed by atoms with van der Waals surface area (Å²) in [4.78, 5) is 6.54. The number of hydrogen-bond acceptors (Lipinski definition) is 0. The minimum Gasteiger partial charge on any atom is -0.233 e. The summed E-state index contributed by atoms with van der Waals surface area (Å²) >= 11 is 0. The van der Waals surface area contributed by atoms with E-state index in [-0.39, 0.29) is 0 Å². The Kier molecular flexibility index (Phi) is 11.3. The number of unbranched alkanes of at least 4 members (excludes halogenated alkanes) is 8. The molecule has 0 N–H and O–H groups in total. The molecular formula is C14H24N2. The van der Waals surface area contributed by atoms with Gasteiger partial charge in [0.2, 0.25) is 0 Å². The Labute approximate surface area is 101 Å². The van der Waals surface area contributed by atoms with E-state index in [0.29, 0.717) is 0 Å². The average Bonchev–Trinajstić information content (AvgIpc) is 2.32. The second-order valence-electron chi connectivity index (χ2n) is 4.36. The van der Waals surface area contributed by atoms with Crippen LogP contribution in [0.3, 0.4) is 0 Å². The largest absolute Gasteiger partial charge is 0.474 e. The Hall–Kier alpha value is -1.02. The number of hydrogen-bond donors (Lipinski definition) is 0. The summed E-state index contributed by atoms with van der Waals surface area (Å²) in [5.41, 5.74) is 0. The Morgan fingerprint density at radius 2 is 1.19 bits per heavy atom. The highest BCUT2D eigenvalue weighted by atomic mass is 14.9. The summed E-state index contributed by atoms with van der Waals surface area (Å²) < 4.78 is 0. The van der Waals surface area contributed by atoms with E-state index in [4.69, 9.17) is 13.1 Å². The van der Waals surface area contributed by atoms with E-state index in [1.54, 1.807) is 0 Å². The molecule has 0 aliphatic heterocycles. The summed E-state index contributed by atoms with van der Waals surface area (Å²) in [6.45, 7) is 15.8. The molecule has 0 bridgehead atoms. The number of rotatable bonds is 10. The first kappa shape index (κ1) is 15.0. The first-order chi connectivity index (χ1) is 7.85. The lowest BCUT2D eigenvalue weighted by Crippen LogP contribution is -1.93. The summed E-state index contributed by atoms with van der Waals surface area (Å²) in [5, 5.41) is 0. The average molecular weight is 220 g/mol. The van der Waals surface area contributed by atoms with Gasteiger partial charge < -0.3 is 0 Å². The SMILES string of the molecule is [C-]#[N+]C(CCCCCCCCCCC)[N+]#[C-]. The van der Waals surface area contributed by atoms with Crippen LogP contribution >= 0.6 is 0 Å². The highest BCUT2D eigenvalue weighted by molar-refractivity contribution is 4.85. The molecule has 0 saturated heterocycles. The van der Waals surface area contributed by atoms with E-state index in [0.717, 1.165) is 12.8 Å². The van der Waals surface area contributed by atoms with Crippen LogP contribution in [0.2, 0.25) is 0 Å². The molecule has 2 heteroatoms. The van der Waals surface area contributed by atoms with Crippen LogP contribution < -0.4 is 0 Å². The summed E-state index contributed by atoms with van der Waals surface area (Å²) in [5.74, 6) is 0. The monoisotopic (exact) mass is 220 g/mol. The zero-order valence-corrected chi connectivity index (χ0v) is 10.5. The molecule has 90 valence electrons. The normalized spacial score (nSPS) is 10.0. The molecule has 0 saturated carbocycles. The molecule has 0 radical (unpaired) electrons. The maximum Gasteiger partial charge on any atom is 0.474 e. The highest BCUT2D eigenvalue weighted by Crippen LogP contribution is 2.12. The quantitative estimate of drug-likeness (QED) is 0.359. The fourth-order valence-corrected chi connectivity index (χ4v) is 1.80. The zero-order valence-electron chi connectivity index (χ0n) is 10.5. The first-order valence-electron chi connectivity index (χ1n) is 6.58. The Morgan fingerprint density at radius 1 is 0.750 bits per heavy atom. The lowest BCUT2D eigenvalue weighted by Gasteiger charge is -2.00. The van der Waals surface area contributed by atoms with Gasteiger partial charge in [0.1, 0.15) is 6.42 Å². The lowest BCUT2D eigenvalue weighted by atomic mass is 10.1. The summed E-state index contributed by atoms with van der Waals surface area (Å²) in [6, 6.07) is 0. The third-order valence-electron chi connectivity index (χ3n) is 2.86. The van der Waals surface area contributed by atoms with Crippen molar-refractivity contribution in [2.45, 2.75) is 77.3 Å². The van der Waals surface area contributed by atoms with Gasteiger partial charge in [-0.2, -0.15) is 0 Å². The first-order valence-corrected chi connectivity index (χ1v) is 6.58. The van der Waals surface area contributed by atoms with Gasteiger partial charge in [-0.3, -0.25) is 0 Å². The van der Waals surface area contributed by atoms with Crippen molar-refractivity contribution in [1.82, 2.24) is 0 Å². The molecule has 0 heterocycles. The van der Waals surface area contributed by atoms with E-state index < -0.39 is 6.17 Å². The van der Waals surface area contributed by atoms with Gasteiger partial charge in [0.15, 0.2) is 0 Å². The Balaban J connectivity index is 3.11. The van der Waals surface area contributed by atoms with Crippen LogP contribution in [0.25, 0.3) is 9.69 Å². The van der Waals surface area contributed by atoms with E-state index in [1.165, 1.54) is 51.4 Å². The van der Waals surface area contributed by atoms with Crippen LogP contribution in [-0.2, 0) is 0 Å². The molecule has 0 aromatic carbocycles. The van der Waals surface area contributed by atoms with E-state index >= 15 is 0 Å². The van der Waals surface area contributed by atoms with Gasteiger partial charge in [-0.15, -0.1) is 0 Å². The fourth-order valence-electron chi connectivity index (χ4n) is 1.80. The van der Waals surface area contributed by atoms with Crippen molar-refractivity contribution in [3.05, 3.63) is 22.8 Å². The van der Waals surface area contributed by atoms with Gasteiger partial charge in [-0.1, -0.05) is 58.3 Å². The van der Waals surface area contributed by atoms with Gasteiger partial charge in [0.05, 0.1) is 0 Å². The molecule has 0 rings (SSSR count). The highest BCUT2D eigenvalue weighted by Gasteiger charge is 2.13. The molecule has 0 amide bonds. The van der Waals surface area contributed by atoms with Gasteiger partial charge in [0.25, 0.3) is 0 Å². The zero-order chi connectivity index (χ0) is 12.1. The summed E-state index contributed by atoms with van der Waals surface area (Å²) in [6.07, 6.45) is 12.0. The van der Waals surface area contributed by atoms with Crippen LogP contribution in [0, 0.1) is 13.1 Å². The third kappa shape index (κ3) is 9.53. The van der Waals surface area contributed by atoms with Crippen LogP contribution in [0.5, 0.6) is 0 Å². The molecule has 0 aromatic heterocycles. The minimum absolute atomic E-state index is 0.412. The number of nitrogens with zero attached hydrogens (tertiary/aromatic N) is 2. The van der Waals surface area contributed by atoms with Crippen molar-refractivity contribution >= 4 is 0 Å². The predicted octanol–water partition coefficient (Wildman–Crippen LogP) is 5.07. The summed E-state index contributed by atoms with van der Waals surface area (Å²) in [7, 11) is 0. The van der Waals surface area contributed by atoms with Crippen molar-refractivity contribution in [3.63, 3.8) is 0 Å². The van der Waals surface area contributed by atoms with Gasteiger partial charge in [-0.05, 0) is 6.42 Å². The molecule has 0 aliphatic carbocycles. The van der Waals surface area contributed by atoms with Crippen molar-refractivity contribution < 1.29 is 0 Å². The molecule has 0 spiro atoms. The fraction of sp³-hybridized carbons (Fsp3) is 0.857. The van der Waals surface area contributed by atoms with E-state index in [1.807, 2.05) is 0 Å². The third-order valence-corrected chi connectivity index (χ3v) is 2.86. The molecule has 0 aromatic rings. The van der Waals surface area contributed by atoms with Crippen LogP contribution in [0.1, 0.15) is 71.1 Å². The van der Waals surface area contributed by atoms with Crippen molar-refractivity contribution in [3.8, 4) is 0 Å². The molecule has 2 nitrogen and oxygen atoms in total. The molecule has 0 aliphatic rings. The molecule has 0 fully saturated rings. The van der Waals surface area contributed by atoms with E-state index in [9.17, 15) is 0 Å². The van der Waals surface area contributed by atoms with Crippen LogP contribution in [0.4, 0.5) is 0 Å². The van der Waals surface area contributed by atoms with E-state index in [2.05, 4.69) is 16.6 Å². The minimum atomic E-state index is -0.412. The van der Waals surface area contributed by atoms with Crippen LogP contribution in [-0.4, -0.2) is 6.17 Å². The van der Waals surface area contributed by atoms with Gasteiger partial charge in [-0.25, -0.2) is 22.8 Å². The maximum atomic E-state index is 6.78. The van der Waals surface area contributed by atoms with Crippen molar-refractivity contribution in [2.24, 2.45) is 0 Å². The molecule has 0 unspecified atom stereocenters. The topological polar surface area (TPSA) is 8.72 Å². The Bertz CT molecular complexity index is 208. The molecule has 0 atom stereocenters. The molecular weight excluding hydrogens is 196 g/mol. The van der Waals surface area contributed by atoms with Crippen molar-refractivity contribution in [2.75, 3.05) is 0 Å². The van der Waals surface area contributed by atoms with Gasteiger partial charge in [0, 0.05) is 0 Å². The predicted molar refractivity (Wildman–Crippen MR) is 68.8 cm³/mol. The maximum absolute atomic E-state index is 6.78.